The molecule has 18 heavy (non-hydrogen) atoms. The lowest BCUT2D eigenvalue weighted by atomic mass is 10.0. The number of nitrogens with zero attached hydrogens (tertiary/aromatic N) is 1. The second-order valence-electron chi connectivity index (χ2n) is 5.18. The molecular formula is C15H24N2O. The lowest BCUT2D eigenvalue weighted by Crippen LogP contribution is -2.42. The van der Waals surface area contributed by atoms with Crippen LogP contribution in [0.3, 0.4) is 0 Å². The summed E-state index contributed by atoms with van der Waals surface area (Å²) in [5.74, 6) is 0.936. The third kappa shape index (κ3) is 3.39. The SMILES string of the molecule is CCC(C)N1CCC(Oc2ccc(N)cc2)CC1. The van der Waals surface area contributed by atoms with Crippen molar-refractivity contribution in [2.24, 2.45) is 0 Å². The van der Waals surface area contributed by atoms with Crippen molar-refractivity contribution in [2.45, 2.75) is 45.3 Å². The average Bonchev–Trinajstić information content (AvgIpc) is 2.41. The van der Waals surface area contributed by atoms with E-state index in [1.807, 2.05) is 24.3 Å². The summed E-state index contributed by atoms with van der Waals surface area (Å²) in [6.07, 6.45) is 3.82. The van der Waals surface area contributed by atoms with E-state index in [0.717, 1.165) is 37.4 Å². The van der Waals surface area contributed by atoms with Gasteiger partial charge in [-0.25, -0.2) is 0 Å². The van der Waals surface area contributed by atoms with Crippen LogP contribution in [-0.2, 0) is 0 Å². The molecule has 0 bridgehead atoms. The van der Waals surface area contributed by atoms with Gasteiger partial charge in [-0.1, -0.05) is 6.92 Å². The minimum atomic E-state index is 0.355. The molecule has 1 aromatic carbocycles. The molecule has 1 aliphatic rings. The van der Waals surface area contributed by atoms with Crippen molar-refractivity contribution in [3.8, 4) is 5.75 Å². The third-order valence-corrected chi connectivity index (χ3v) is 3.87. The quantitative estimate of drug-likeness (QED) is 0.833. The van der Waals surface area contributed by atoms with Gasteiger partial charge in [0, 0.05) is 24.8 Å². The number of hydrogen-bond donors (Lipinski definition) is 1. The number of rotatable bonds is 4. The van der Waals surface area contributed by atoms with Crippen LogP contribution in [0, 0.1) is 0 Å². The Morgan fingerprint density at radius 1 is 1.28 bits per heavy atom. The molecule has 1 atom stereocenters. The third-order valence-electron chi connectivity index (χ3n) is 3.87. The highest BCUT2D eigenvalue weighted by Crippen LogP contribution is 2.21. The van der Waals surface area contributed by atoms with E-state index in [-0.39, 0.29) is 0 Å². The zero-order valence-electron chi connectivity index (χ0n) is 11.4. The van der Waals surface area contributed by atoms with Crippen molar-refractivity contribution >= 4 is 5.69 Å². The molecule has 1 saturated heterocycles. The predicted octanol–water partition coefficient (Wildman–Crippen LogP) is 2.91. The van der Waals surface area contributed by atoms with Gasteiger partial charge in [0.25, 0.3) is 0 Å². The normalized spacial score (nSPS) is 19.7. The number of piperidine rings is 1. The molecule has 1 aromatic rings. The second-order valence-corrected chi connectivity index (χ2v) is 5.18. The molecule has 2 rings (SSSR count). The van der Waals surface area contributed by atoms with Crippen molar-refractivity contribution in [1.82, 2.24) is 4.90 Å². The van der Waals surface area contributed by atoms with Gasteiger partial charge in [-0.15, -0.1) is 0 Å². The highest BCUT2D eigenvalue weighted by Gasteiger charge is 2.22. The van der Waals surface area contributed by atoms with Gasteiger partial charge in [-0.3, -0.25) is 0 Å². The summed E-state index contributed by atoms with van der Waals surface area (Å²) in [5.41, 5.74) is 6.45. The Morgan fingerprint density at radius 2 is 1.89 bits per heavy atom. The van der Waals surface area contributed by atoms with Crippen LogP contribution in [0.5, 0.6) is 5.75 Å². The van der Waals surface area contributed by atoms with E-state index in [4.69, 9.17) is 10.5 Å². The average molecular weight is 248 g/mol. The smallest absolute Gasteiger partial charge is 0.119 e. The fourth-order valence-electron chi connectivity index (χ4n) is 2.43. The second kappa shape index (κ2) is 6.10. The number of ether oxygens (including phenoxy) is 1. The monoisotopic (exact) mass is 248 g/mol. The van der Waals surface area contributed by atoms with Gasteiger partial charge >= 0.3 is 0 Å². The van der Waals surface area contributed by atoms with Crippen molar-refractivity contribution in [2.75, 3.05) is 18.8 Å². The molecule has 0 amide bonds. The largest absolute Gasteiger partial charge is 0.490 e. The summed E-state index contributed by atoms with van der Waals surface area (Å²) in [7, 11) is 0. The highest BCUT2D eigenvalue weighted by atomic mass is 16.5. The van der Waals surface area contributed by atoms with Crippen molar-refractivity contribution < 1.29 is 4.74 Å². The summed E-state index contributed by atoms with van der Waals surface area (Å²) in [6.45, 7) is 6.85. The molecule has 100 valence electrons. The lowest BCUT2D eigenvalue weighted by Gasteiger charge is -2.35. The van der Waals surface area contributed by atoms with Crippen LogP contribution < -0.4 is 10.5 Å². The van der Waals surface area contributed by atoms with Crippen LogP contribution in [0.1, 0.15) is 33.1 Å². The fraction of sp³-hybridized carbons (Fsp3) is 0.600. The topological polar surface area (TPSA) is 38.5 Å². The van der Waals surface area contributed by atoms with Crippen LogP contribution >= 0.6 is 0 Å². The van der Waals surface area contributed by atoms with E-state index >= 15 is 0 Å². The van der Waals surface area contributed by atoms with Gasteiger partial charge in [-0.2, -0.15) is 0 Å². The summed E-state index contributed by atoms with van der Waals surface area (Å²) in [5, 5.41) is 0. The fourth-order valence-corrected chi connectivity index (χ4v) is 2.43. The standard InChI is InChI=1S/C15H24N2O/c1-3-12(2)17-10-8-15(9-11-17)18-14-6-4-13(16)5-7-14/h4-7,12,15H,3,8-11,16H2,1-2H3. The molecule has 1 heterocycles. The molecule has 1 unspecified atom stereocenters. The summed E-state index contributed by atoms with van der Waals surface area (Å²) < 4.78 is 5.99. The van der Waals surface area contributed by atoms with E-state index in [1.54, 1.807) is 0 Å². The summed E-state index contributed by atoms with van der Waals surface area (Å²) in [6, 6.07) is 8.39. The van der Waals surface area contributed by atoms with Gasteiger partial charge in [-0.05, 0) is 50.5 Å². The van der Waals surface area contributed by atoms with E-state index in [2.05, 4.69) is 18.7 Å². The minimum absolute atomic E-state index is 0.355. The molecule has 0 saturated carbocycles. The van der Waals surface area contributed by atoms with Gasteiger partial charge < -0.3 is 15.4 Å². The van der Waals surface area contributed by atoms with Gasteiger partial charge in [0.15, 0.2) is 0 Å². The Morgan fingerprint density at radius 3 is 2.44 bits per heavy atom. The minimum Gasteiger partial charge on any atom is -0.490 e. The molecule has 3 nitrogen and oxygen atoms in total. The molecule has 0 aromatic heterocycles. The van der Waals surface area contributed by atoms with Gasteiger partial charge in [0.2, 0.25) is 0 Å². The molecular weight excluding hydrogens is 224 g/mol. The Hall–Kier alpha value is -1.22. The van der Waals surface area contributed by atoms with Crippen LogP contribution in [0.2, 0.25) is 0 Å². The first-order valence-corrected chi connectivity index (χ1v) is 6.95. The zero-order chi connectivity index (χ0) is 13.0. The number of hydrogen-bond acceptors (Lipinski definition) is 3. The maximum atomic E-state index is 5.99. The Bertz CT molecular complexity index is 355. The van der Waals surface area contributed by atoms with Crippen LogP contribution in [0.15, 0.2) is 24.3 Å². The summed E-state index contributed by atoms with van der Waals surface area (Å²) in [4.78, 5) is 2.56. The van der Waals surface area contributed by atoms with Crippen molar-refractivity contribution in [3.63, 3.8) is 0 Å². The molecule has 2 N–H and O–H groups in total. The molecule has 0 aliphatic carbocycles. The van der Waals surface area contributed by atoms with E-state index in [1.165, 1.54) is 6.42 Å². The van der Waals surface area contributed by atoms with Crippen molar-refractivity contribution in [3.05, 3.63) is 24.3 Å². The van der Waals surface area contributed by atoms with Crippen molar-refractivity contribution in [1.29, 1.82) is 0 Å². The number of nitrogen functional groups attached to an aromatic ring is 1. The molecule has 0 radical (unpaired) electrons. The Labute approximate surface area is 110 Å². The van der Waals surface area contributed by atoms with E-state index in [9.17, 15) is 0 Å². The maximum Gasteiger partial charge on any atom is 0.119 e. The predicted molar refractivity (Wildman–Crippen MR) is 75.8 cm³/mol. The molecule has 0 spiro atoms. The zero-order valence-corrected chi connectivity index (χ0v) is 11.4. The Kier molecular flexibility index (Phi) is 4.48. The molecule has 1 aliphatic heterocycles. The van der Waals surface area contributed by atoms with Crippen LogP contribution in [0.4, 0.5) is 5.69 Å². The molecule has 1 fully saturated rings. The maximum absolute atomic E-state index is 5.99. The number of benzene rings is 1. The first kappa shape index (κ1) is 13.2. The van der Waals surface area contributed by atoms with Crippen LogP contribution in [0.25, 0.3) is 0 Å². The number of nitrogens with two attached hydrogens (primary N) is 1. The number of anilines is 1. The van der Waals surface area contributed by atoms with Gasteiger partial charge in [0.05, 0.1) is 0 Å². The van der Waals surface area contributed by atoms with E-state index < -0.39 is 0 Å². The highest BCUT2D eigenvalue weighted by molar-refractivity contribution is 5.41. The van der Waals surface area contributed by atoms with E-state index in [0.29, 0.717) is 12.1 Å². The summed E-state index contributed by atoms with van der Waals surface area (Å²) >= 11 is 0. The molecule has 3 heteroatoms. The van der Waals surface area contributed by atoms with Gasteiger partial charge in [0.1, 0.15) is 11.9 Å². The first-order valence-electron chi connectivity index (χ1n) is 6.95. The Balaban J connectivity index is 1.81. The lowest BCUT2D eigenvalue weighted by molar-refractivity contribution is 0.0788. The van der Waals surface area contributed by atoms with Crippen LogP contribution in [-0.4, -0.2) is 30.1 Å². The number of likely N-dealkylation sites (tertiary alicyclic amines) is 1. The first-order chi connectivity index (χ1) is 8.69.